The standard InChI is InChI=1S/C17H22O5S/c1-21-12-6-7-16(22-2)15(10-12)17(18)11-8-13-4-3-5-14(9-11)23(13,19)20/h6-7,10-11,13-14H,3-5,8-9H2,1-2H3. The zero-order valence-corrected chi connectivity index (χ0v) is 14.3. The first-order valence-corrected chi connectivity index (χ1v) is 9.57. The normalized spacial score (nSPS) is 28.9. The van der Waals surface area contributed by atoms with Crippen molar-refractivity contribution in [3.8, 4) is 11.5 Å². The number of hydrogen-bond acceptors (Lipinski definition) is 5. The second kappa shape index (κ2) is 6.15. The summed E-state index contributed by atoms with van der Waals surface area (Å²) in [6, 6.07) is 5.14. The van der Waals surface area contributed by atoms with Gasteiger partial charge in [0.1, 0.15) is 11.5 Å². The molecule has 2 unspecified atom stereocenters. The van der Waals surface area contributed by atoms with Gasteiger partial charge in [-0.2, -0.15) is 0 Å². The monoisotopic (exact) mass is 338 g/mol. The van der Waals surface area contributed by atoms with Gasteiger partial charge in [0, 0.05) is 5.92 Å². The second-order valence-corrected chi connectivity index (χ2v) is 8.87. The highest BCUT2D eigenvalue weighted by Crippen LogP contribution is 2.41. The summed E-state index contributed by atoms with van der Waals surface area (Å²) in [6.45, 7) is 0. The van der Waals surface area contributed by atoms with E-state index in [1.165, 1.54) is 7.11 Å². The van der Waals surface area contributed by atoms with Gasteiger partial charge in [-0.05, 0) is 43.9 Å². The number of hydrogen-bond donors (Lipinski definition) is 0. The zero-order valence-electron chi connectivity index (χ0n) is 13.4. The summed E-state index contributed by atoms with van der Waals surface area (Å²) in [5.74, 6) is 0.814. The lowest BCUT2D eigenvalue weighted by atomic mass is 9.84. The number of rotatable bonds is 4. The molecule has 6 heteroatoms. The molecular weight excluding hydrogens is 316 g/mol. The minimum atomic E-state index is -3.05. The van der Waals surface area contributed by atoms with E-state index in [9.17, 15) is 13.2 Å². The third-order valence-electron chi connectivity index (χ3n) is 5.12. The molecule has 23 heavy (non-hydrogen) atoms. The molecule has 0 aromatic heterocycles. The molecule has 0 aliphatic carbocycles. The highest BCUT2D eigenvalue weighted by molar-refractivity contribution is 7.92. The minimum Gasteiger partial charge on any atom is -0.497 e. The van der Waals surface area contributed by atoms with Gasteiger partial charge in [-0.1, -0.05) is 6.42 Å². The van der Waals surface area contributed by atoms with Gasteiger partial charge >= 0.3 is 0 Å². The number of sulfone groups is 1. The lowest BCUT2D eigenvalue weighted by molar-refractivity contribution is 0.0890. The van der Waals surface area contributed by atoms with Crippen LogP contribution in [0.1, 0.15) is 42.5 Å². The van der Waals surface area contributed by atoms with E-state index < -0.39 is 9.84 Å². The third kappa shape index (κ3) is 2.84. The predicted molar refractivity (Wildman–Crippen MR) is 86.9 cm³/mol. The number of Topliss-reactive ketones (excluding diaryl/α,β-unsaturated/α-hetero) is 1. The van der Waals surface area contributed by atoms with E-state index in [-0.39, 0.29) is 22.2 Å². The smallest absolute Gasteiger partial charge is 0.169 e. The molecule has 2 aliphatic rings. The molecule has 126 valence electrons. The number of methoxy groups -OCH3 is 2. The first kappa shape index (κ1) is 16.3. The average Bonchev–Trinajstić information content (AvgIpc) is 2.52. The van der Waals surface area contributed by atoms with Crippen LogP contribution in [0.3, 0.4) is 0 Å². The molecule has 0 radical (unpaired) electrons. The molecule has 2 heterocycles. The first-order chi connectivity index (χ1) is 11.0. The Labute approximate surface area is 136 Å². The van der Waals surface area contributed by atoms with Gasteiger partial charge in [-0.25, -0.2) is 8.42 Å². The summed E-state index contributed by atoms with van der Waals surface area (Å²) in [5.41, 5.74) is 0.481. The van der Waals surface area contributed by atoms with Crippen molar-refractivity contribution in [2.24, 2.45) is 5.92 Å². The molecule has 0 saturated carbocycles. The van der Waals surface area contributed by atoms with E-state index in [0.717, 1.165) is 6.42 Å². The molecule has 2 saturated heterocycles. The van der Waals surface area contributed by atoms with Gasteiger partial charge < -0.3 is 9.47 Å². The molecule has 0 amide bonds. The maximum absolute atomic E-state index is 13.0. The fourth-order valence-corrected chi connectivity index (χ4v) is 6.39. The maximum Gasteiger partial charge on any atom is 0.169 e. The largest absolute Gasteiger partial charge is 0.497 e. The van der Waals surface area contributed by atoms with Crippen LogP contribution in [0.4, 0.5) is 0 Å². The summed E-state index contributed by atoms with van der Waals surface area (Å²) >= 11 is 0. The van der Waals surface area contributed by atoms with Gasteiger partial charge in [-0.3, -0.25) is 4.79 Å². The van der Waals surface area contributed by atoms with Crippen LogP contribution in [-0.2, 0) is 9.84 Å². The summed E-state index contributed by atoms with van der Waals surface area (Å²) in [4.78, 5) is 13.0. The van der Waals surface area contributed by atoms with Gasteiger partial charge in [0.15, 0.2) is 15.6 Å². The predicted octanol–water partition coefficient (Wildman–Crippen LogP) is 2.63. The molecule has 2 fully saturated rings. The quantitative estimate of drug-likeness (QED) is 0.789. The van der Waals surface area contributed by atoms with E-state index in [1.807, 2.05) is 0 Å². The van der Waals surface area contributed by atoms with Crippen LogP contribution in [0, 0.1) is 5.92 Å². The highest BCUT2D eigenvalue weighted by Gasteiger charge is 2.46. The minimum absolute atomic E-state index is 0.0347. The van der Waals surface area contributed by atoms with E-state index >= 15 is 0 Å². The first-order valence-electron chi connectivity index (χ1n) is 7.96. The van der Waals surface area contributed by atoms with Crippen LogP contribution < -0.4 is 9.47 Å². The van der Waals surface area contributed by atoms with Crippen molar-refractivity contribution in [1.29, 1.82) is 0 Å². The summed E-state index contributed by atoms with van der Waals surface area (Å²) in [5, 5.41) is -0.721. The van der Waals surface area contributed by atoms with Gasteiger partial charge in [0.05, 0.1) is 30.3 Å². The molecule has 1 aromatic carbocycles. The van der Waals surface area contributed by atoms with Gasteiger partial charge in [0.25, 0.3) is 0 Å². The van der Waals surface area contributed by atoms with Crippen molar-refractivity contribution in [1.82, 2.24) is 0 Å². The number of fused-ring (bicyclic) bond motifs is 2. The number of ketones is 1. The Morgan fingerprint density at radius 1 is 1.09 bits per heavy atom. The summed E-state index contributed by atoms with van der Waals surface area (Å²) in [7, 11) is 0.0249. The Hall–Kier alpha value is -1.56. The number of benzene rings is 1. The SMILES string of the molecule is COc1ccc(OC)c(C(=O)C2CC3CCCC(C2)S3(=O)=O)c1. The Kier molecular flexibility index (Phi) is 4.36. The van der Waals surface area contributed by atoms with Crippen LogP contribution in [0.15, 0.2) is 18.2 Å². The second-order valence-electron chi connectivity index (χ2n) is 6.36. The fourth-order valence-electron chi connectivity index (χ4n) is 3.85. The summed E-state index contributed by atoms with van der Waals surface area (Å²) < 4.78 is 35.2. The average molecular weight is 338 g/mol. The molecule has 2 bridgehead atoms. The number of carbonyl (C=O) groups is 1. The third-order valence-corrected chi connectivity index (χ3v) is 7.83. The highest BCUT2D eigenvalue weighted by atomic mass is 32.2. The molecular formula is C17H22O5S. The molecule has 5 nitrogen and oxygen atoms in total. The Bertz CT molecular complexity index is 690. The Morgan fingerprint density at radius 3 is 2.30 bits per heavy atom. The van der Waals surface area contributed by atoms with Crippen LogP contribution >= 0.6 is 0 Å². The van der Waals surface area contributed by atoms with Gasteiger partial charge in [0.2, 0.25) is 0 Å². The van der Waals surface area contributed by atoms with Crippen molar-refractivity contribution < 1.29 is 22.7 Å². The maximum atomic E-state index is 13.0. The van der Waals surface area contributed by atoms with Crippen molar-refractivity contribution in [2.75, 3.05) is 14.2 Å². The zero-order chi connectivity index (χ0) is 16.6. The van der Waals surface area contributed by atoms with E-state index in [4.69, 9.17) is 9.47 Å². The van der Waals surface area contributed by atoms with Crippen LogP contribution in [-0.4, -0.2) is 38.9 Å². The van der Waals surface area contributed by atoms with E-state index in [2.05, 4.69) is 0 Å². The molecule has 0 spiro atoms. The van der Waals surface area contributed by atoms with E-state index in [0.29, 0.717) is 42.7 Å². The van der Waals surface area contributed by atoms with Gasteiger partial charge in [-0.15, -0.1) is 0 Å². The van der Waals surface area contributed by atoms with Crippen molar-refractivity contribution in [3.63, 3.8) is 0 Å². The van der Waals surface area contributed by atoms with E-state index in [1.54, 1.807) is 25.3 Å². The Balaban J connectivity index is 1.90. The lowest BCUT2D eigenvalue weighted by Gasteiger charge is -2.38. The van der Waals surface area contributed by atoms with Crippen LogP contribution in [0.5, 0.6) is 11.5 Å². The molecule has 2 aliphatic heterocycles. The molecule has 3 rings (SSSR count). The molecule has 2 atom stereocenters. The van der Waals surface area contributed by atoms with Crippen LogP contribution in [0.2, 0.25) is 0 Å². The lowest BCUT2D eigenvalue weighted by Crippen LogP contribution is -2.45. The van der Waals surface area contributed by atoms with Crippen molar-refractivity contribution in [3.05, 3.63) is 23.8 Å². The Morgan fingerprint density at radius 2 is 1.74 bits per heavy atom. The number of ether oxygens (including phenoxy) is 2. The summed E-state index contributed by atoms with van der Waals surface area (Å²) in [6.07, 6.45) is 3.16. The molecule has 1 aromatic rings. The van der Waals surface area contributed by atoms with Crippen LogP contribution in [0.25, 0.3) is 0 Å². The topological polar surface area (TPSA) is 69.7 Å². The van der Waals surface area contributed by atoms with Crippen molar-refractivity contribution in [2.45, 2.75) is 42.6 Å². The number of carbonyl (C=O) groups excluding carboxylic acids is 1. The van der Waals surface area contributed by atoms with Crippen molar-refractivity contribution >= 4 is 15.6 Å². The fraction of sp³-hybridized carbons (Fsp3) is 0.588. The molecule has 0 N–H and O–H groups in total.